The monoisotopic (exact) mass is 719 g/mol. The van der Waals surface area contributed by atoms with Crippen LogP contribution in [0.15, 0.2) is 109 Å². The van der Waals surface area contributed by atoms with Gasteiger partial charge in [-0.2, -0.15) is 0 Å². The Morgan fingerprint density at radius 1 is 0.442 bits per heavy atom. The van der Waals surface area contributed by atoms with Gasteiger partial charge < -0.3 is 14.6 Å². The maximum Gasteiger partial charge on any atom is 0.306 e. The molecule has 0 aliphatic rings. The Kier molecular flexibility index (Phi) is 39.2. The molecule has 0 aliphatic carbocycles. The number of hydrogen-bond donors (Lipinski definition) is 1. The molecule has 5 heteroatoms. The minimum atomic E-state index is -0.832. The minimum Gasteiger partial charge on any atom is -0.462 e. The fourth-order valence-electron chi connectivity index (χ4n) is 4.93. The molecule has 0 saturated carbocycles. The Labute approximate surface area is 319 Å². The summed E-state index contributed by atoms with van der Waals surface area (Å²) >= 11 is 0. The number of unbranched alkanes of at least 4 members (excludes halogenated alkanes) is 9. The molecule has 0 spiro atoms. The van der Waals surface area contributed by atoms with E-state index in [1.54, 1.807) is 0 Å². The van der Waals surface area contributed by atoms with Crippen molar-refractivity contribution in [2.24, 2.45) is 0 Å². The topological polar surface area (TPSA) is 72.8 Å². The summed E-state index contributed by atoms with van der Waals surface area (Å²) in [6, 6.07) is 0. The predicted octanol–water partition coefficient (Wildman–Crippen LogP) is 13.1. The summed E-state index contributed by atoms with van der Waals surface area (Å²) in [5.74, 6) is -0.735. The smallest absolute Gasteiger partial charge is 0.306 e. The van der Waals surface area contributed by atoms with Crippen molar-refractivity contribution in [1.29, 1.82) is 0 Å². The van der Waals surface area contributed by atoms with Crippen LogP contribution in [0.25, 0.3) is 0 Å². The SMILES string of the molecule is CCCCCC=CCC=CCC=CCC=CCC=CCCC(=O)O[C@@H](CO)COC(=O)CCCCCC=CCC=CCC=CCC=CCCCCC. The molecule has 0 rings (SSSR count). The molecule has 292 valence electrons. The molecule has 0 aromatic rings. The van der Waals surface area contributed by atoms with Gasteiger partial charge in [0.1, 0.15) is 6.61 Å². The third-order valence-corrected chi connectivity index (χ3v) is 8.05. The van der Waals surface area contributed by atoms with E-state index in [0.717, 1.165) is 70.6 Å². The molecule has 0 saturated heterocycles. The van der Waals surface area contributed by atoms with Gasteiger partial charge in [0.2, 0.25) is 0 Å². The van der Waals surface area contributed by atoms with Gasteiger partial charge in [0.05, 0.1) is 6.61 Å². The minimum absolute atomic E-state index is 0.120. The highest BCUT2D eigenvalue weighted by Gasteiger charge is 2.15. The zero-order chi connectivity index (χ0) is 37.8. The third-order valence-electron chi connectivity index (χ3n) is 8.05. The van der Waals surface area contributed by atoms with Crippen LogP contribution in [0.2, 0.25) is 0 Å². The number of aliphatic hydroxyl groups is 1. The molecule has 0 aliphatic heterocycles. The van der Waals surface area contributed by atoms with Crippen LogP contribution in [0.4, 0.5) is 0 Å². The standard InChI is InChI=1S/C47H74O5/c1-3-5-7-9-11-13-15-17-19-21-23-25-27-29-31-33-35-37-39-41-46(49)51-44-45(43-48)52-47(50)42-40-38-36-34-32-30-28-26-24-22-20-18-16-14-12-10-8-6-4-2/h11-14,17-20,23-26,29-32,36,38,45,48H,3-10,15-16,21-22,27-28,33-35,37,39-44H2,1-2H3/t45-/m0/s1. The Morgan fingerprint density at radius 3 is 1.19 bits per heavy atom. The zero-order valence-corrected chi connectivity index (χ0v) is 33.0. The van der Waals surface area contributed by atoms with E-state index in [2.05, 4.69) is 111 Å². The van der Waals surface area contributed by atoms with Crippen LogP contribution >= 0.6 is 0 Å². The molecule has 1 atom stereocenters. The van der Waals surface area contributed by atoms with Crippen molar-refractivity contribution in [3.05, 3.63) is 109 Å². The highest BCUT2D eigenvalue weighted by Crippen LogP contribution is 2.08. The van der Waals surface area contributed by atoms with Gasteiger partial charge in [-0.3, -0.25) is 9.59 Å². The number of carbonyl (C=O) groups excluding carboxylic acids is 2. The highest BCUT2D eigenvalue weighted by molar-refractivity contribution is 5.70. The summed E-state index contributed by atoms with van der Waals surface area (Å²) in [5, 5.41) is 9.55. The summed E-state index contributed by atoms with van der Waals surface area (Å²) < 4.78 is 10.5. The lowest BCUT2D eigenvalue weighted by molar-refractivity contribution is -0.161. The first-order chi connectivity index (χ1) is 25.6. The van der Waals surface area contributed by atoms with Crippen molar-refractivity contribution in [2.45, 2.75) is 161 Å². The third kappa shape index (κ3) is 39.3. The quantitative estimate of drug-likeness (QED) is 0.0401. The first-order valence-electron chi connectivity index (χ1n) is 20.4. The summed E-state index contributed by atoms with van der Waals surface area (Å²) in [6.45, 7) is 3.97. The van der Waals surface area contributed by atoms with Gasteiger partial charge in [0, 0.05) is 12.8 Å². The number of allylic oxidation sites excluding steroid dienone is 18. The number of rotatable bonds is 35. The van der Waals surface area contributed by atoms with E-state index in [-0.39, 0.29) is 25.6 Å². The number of esters is 2. The van der Waals surface area contributed by atoms with E-state index < -0.39 is 12.1 Å². The lowest BCUT2D eigenvalue weighted by atomic mass is 10.1. The lowest BCUT2D eigenvalue weighted by Crippen LogP contribution is -2.28. The van der Waals surface area contributed by atoms with Gasteiger partial charge in [-0.05, 0) is 96.3 Å². The molecule has 52 heavy (non-hydrogen) atoms. The van der Waals surface area contributed by atoms with E-state index in [1.807, 2.05) is 12.2 Å². The maximum absolute atomic E-state index is 12.1. The van der Waals surface area contributed by atoms with Gasteiger partial charge in [0.15, 0.2) is 6.10 Å². The number of hydrogen-bond acceptors (Lipinski definition) is 5. The second kappa shape index (κ2) is 42.0. The van der Waals surface area contributed by atoms with E-state index >= 15 is 0 Å². The molecule has 1 N–H and O–H groups in total. The fourth-order valence-corrected chi connectivity index (χ4v) is 4.93. The summed E-state index contributed by atoms with van der Waals surface area (Å²) in [5.41, 5.74) is 0. The van der Waals surface area contributed by atoms with Crippen LogP contribution in [0, 0.1) is 0 Å². The van der Waals surface area contributed by atoms with Crippen LogP contribution in [0.1, 0.15) is 155 Å². The molecule has 0 aromatic carbocycles. The van der Waals surface area contributed by atoms with E-state index in [0.29, 0.717) is 12.8 Å². The molecule has 0 bridgehead atoms. The fraction of sp³-hybridized carbons (Fsp3) is 0.574. The predicted molar refractivity (Wildman–Crippen MR) is 223 cm³/mol. The molecule has 0 amide bonds. The summed E-state index contributed by atoms with van der Waals surface area (Å²) in [7, 11) is 0. The molecule has 5 nitrogen and oxygen atoms in total. The molecule has 0 unspecified atom stereocenters. The Balaban J connectivity index is 3.79. The van der Waals surface area contributed by atoms with Gasteiger partial charge >= 0.3 is 11.9 Å². The Bertz CT molecular complexity index is 1090. The van der Waals surface area contributed by atoms with Crippen LogP contribution in [0.3, 0.4) is 0 Å². The van der Waals surface area contributed by atoms with Gasteiger partial charge in [-0.15, -0.1) is 0 Å². The molecule has 0 radical (unpaired) electrons. The van der Waals surface area contributed by atoms with E-state index in [4.69, 9.17) is 9.47 Å². The Morgan fingerprint density at radius 2 is 0.808 bits per heavy atom. The summed E-state index contributed by atoms with van der Waals surface area (Å²) in [6.07, 6.45) is 60.1. The second-order valence-electron chi connectivity index (χ2n) is 13.0. The number of aliphatic hydroxyl groups excluding tert-OH is 1. The lowest BCUT2D eigenvalue weighted by Gasteiger charge is -2.15. The first kappa shape index (κ1) is 48.6. The van der Waals surface area contributed by atoms with Crippen molar-refractivity contribution in [2.75, 3.05) is 13.2 Å². The number of ether oxygens (including phenoxy) is 2. The molecule has 0 fully saturated rings. The van der Waals surface area contributed by atoms with Crippen LogP contribution in [-0.4, -0.2) is 36.4 Å². The van der Waals surface area contributed by atoms with Crippen LogP contribution in [-0.2, 0) is 19.1 Å². The molecule has 0 aromatic heterocycles. The number of carbonyl (C=O) groups is 2. The summed E-state index contributed by atoms with van der Waals surface area (Å²) in [4.78, 5) is 24.2. The highest BCUT2D eigenvalue weighted by atomic mass is 16.6. The van der Waals surface area contributed by atoms with E-state index in [9.17, 15) is 14.7 Å². The van der Waals surface area contributed by atoms with Crippen molar-refractivity contribution < 1.29 is 24.2 Å². The van der Waals surface area contributed by atoms with Gasteiger partial charge in [0.25, 0.3) is 0 Å². The maximum atomic E-state index is 12.1. The molecule has 0 heterocycles. The molecular formula is C47H74O5. The first-order valence-corrected chi connectivity index (χ1v) is 20.4. The van der Waals surface area contributed by atoms with Crippen molar-refractivity contribution >= 4 is 11.9 Å². The van der Waals surface area contributed by atoms with Crippen molar-refractivity contribution in [1.82, 2.24) is 0 Å². The van der Waals surface area contributed by atoms with Gasteiger partial charge in [-0.1, -0.05) is 155 Å². The second-order valence-corrected chi connectivity index (χ2v) is 13.0. The average Bonchev–Trinajstić information content (AvgIpc) is 3.15. The van der Waals surface area contributed by atoms with Crippen molar-refractivity contribution in [3.63, 3.8) is 0 Å². The average molecular weight is 719 g/mol. The van der Waals surface area contributed by atoms with Crippen molar-refractivity contribution in [3.8, 4) is 0 Å². The van der Waals surface area contributed by atoms with E-state index in [1.165, 1.54) is 51.4 Å². The Hall–Kier alpha value is -3.44. The molecular weight excluding hydrogens is 645 g/mol. The largest absolute Gasteiger partial charge is 0.462 e. The van der Waals surface area contributed by atoms with Gasteiger partial charge in [-0.25, -0.2) is 0 Å². The van der Waals surface area contributed by atoms with Crippen LogP contribution in [0.5, 0.6) is 0 Å². The van der Waals surface area contributed by atoms with Crippen LogP contribution < -0.4 is 0 Å². The zero-order valence-electron chi connectivity index (χ0n) is 33.0. The normalized spacial score (nSPS) is 13.4.